The molecule has 0 aliphatic heterocycles. The molecule has 12 heteroatoms. The summed E-state index contributed by atoms with van der Waals surface area (Å²) >= 11 is 13.1. The smallest absolute Gasteiger partial charge is 0.255 e. The molecule has 180 valence electrons. The summed E-state index contributed by atoms with van der Waals surface area (Å²) in [7, 11) is 2.92. The Morgan fingerprint density at radius 2 is 1.12 bits per heavy atom. The van der Waals surface area contributed by atoms with Gasteiger partial charge in [0, 0.05) is 13.1 Å². The van der Waals surface area contributed by atoms with Crippen molar-refractivity contribution in [3.63, 3.8) is 0 Å². The lowest BCUT2D eigenvalue weighted by Crippen LogP contribution is -2.26. The summed E-state index contributed by atoms with van der Waals surface area (Å²) in [6.45, 7) is 0.819. The van der Waals surface area contributed by atoms with Gasteiger partial charge in [0.05, 0.1) is 34.3 Å². The zero-order valence-corrected chi connectivity index (χ0v) is 24.1. The molecule has 0 spiro atoms. The number of phenolic OH excluding ortho intramolecular Hbond substituents is 2. The number of ether oxygens (including phenoxy) is 2. The van der Waals surface area contributed by atoms with Gasteiger partial charge < -0.3 is 30.3 Å². The molecule has 0 radical (unpaired) electrons. The van der Waals surface area contributed by atoms with E-state index in [0.717, 1.165) is 6.42 Å². The highest BCUT2D eigenvalue weighted by Gasteiger charge is 2.21. The molecule has 0 bridgehead atoms. The van der Waals surface area contributed by atoms with Crippen molar-refractivity contribution in [2.45, 2.75) is 19.3 Å². The van der Waals surface area contributed by atoms with Crippen LogP contribution in [0.5, 0.6) is 23.0 Å². The molecule has 4 N–H and O–H groups in total. The Morgan fingerprint density at radius 3 is 1.45 bits per heavy atom. The van der Waals surface area contributed by atoms with Gasteiger partial charge in [-0.15, -0.1) is 0 Å². The Morgan fingerprint density at radius 1 is 0.758 bits per heavy atom. The van der Waals surface area contributed by atoms with E-state index in [2.05, 4.69) is 74.4 Å². The Hall–Kier alpha value is -1.50. The first-order chi connectivity index (χ1) is 15.6. The molecule has 0 aromatic heterocycles. The summed E-state index contributed by atoms with van der Waals surface area (Å²) in [5.41, 5.74) is 0.247. The molecular weight excluding hydrogens is 696 g/mol. The summed E-state index contributed by atoms with van der Waals surface area (Å²) in [6, 6.07) is 2.99. The minimum absolute atomic E-state index is 0.124. The van der Waals surface area contributed by atoms with Gasteiger partial charge >= 0.3 is 0 Å². The maximum Gasteiger partial charge on any atom is 0.255 e. The van der Waals surface area contributed by atoms with Crippen molar-refractivity contribution in [3.8, 4) is 23.0 Å². The molecule has 0 aliphatic carbocycles. The van der Waals surface area contributed by atoms with Crippen LogP contribution in [0, 0.1) is 0 Å². The summed E-state index contributed by atoms with van der Waals surface area (Å²) in [5.74, 6) is -0.417. The average Bonchev–Trinajstić information content (AvgIpc) is 2.78. The quantitative estimate of drug-likeness (QED) is 0.242. The van der Waals surface area contributed by atoms with Gasteiger partial charge in [0.2, 0.25) is 0 Å². The monoisotopic (exact) mass is 714 g/mol. The summed E-state index contributed by atoms with van der Waals surface area (Å²) in [6.07, 6.45) is 2.13. The minimum Gasteiger partial charge on any atom is -0.506 e. The molecule has 0 fully saturated rings. The number of amides is 2. The SMILES string of the molecule is COc1c(Br)cc(C(=O)NCCCCCNC(=O)c2cc(Br)c(OC)c(Br)c2O)c(O)c1Br. The number of carbonyl (C=O) groups is 2. The van der Waals surface area contributed by atoms with Gasteiger partial charge in [0.1, 0.15) is 20.4 Å². The van der Waals surface area contributed by atoms with Crippen LogP contribution >= 0.6 is 63.7 Å². The zero-order chi connectivity index (χ0) is 24.7. The fourth-order valence-electron chi connectivity index (χ4n) is 2.92. The number of hydrogen-bond donors (Lipinski definition) is 4. The maximum absolute atomic E-state index is 12.4. The van der Waals surface area contributed by atoms with Crippen molar-refractivity contribution in [2.75, 3.05) is 27.3 Å². The van der Waals surface area contributed by atoms with Crippen LogP contribution in [0.1, 0.15) is 40.0 Å². The number of nitrogens with one attached hydrogen (secondary N) is 2. The number of rotatable bonds is 10. The van der Waals surface area contributed by atoms with Crippen molar-refractivity contribution in [1.82, 2.24) is 10.6 Å². The van der Waals surface area contributed by atoms with Crippen molar-refractivity contribution < 1.29 is 29.3 Å². The first-order valence-electron chi connectivity index (χ1n) is 9.70. The molecule has 0 aliphatic rings. The third-order valence-electron chi connectivity index (χ3n) is 4.62. The molecule has 33 heavy (non-hydrogen) atoms. The molecule has 2 aromatic carbocycles. The fourth-order valence-corrected chi connectivity index (χ4v) is 5.81. The Bertz CT molecular complexity index is 967. The second-order valence-corrected chi connectivity index (χ2v) is 10.1. The van der Waals surface area contributed by atoms with Gasteiger partial charge in [-0.05, 0) is 95.1 Å². The normalized spacial score (nSPS) is 10.6. The Labute approximate surface area is 224 Å². The molecule has 2 aromatic rings. The van der Waals surface area contributed by atoms with Crippen molar-refractivity contribution in [1.29, 1.82) is 0 Å². The third kappa shape index (κ3) is 6.77. The Kier molecular flexibility index (Phi) is 10.8. The highest BCUT2D eigenvalue weighted by atomic mass is 79.9. The second-order valence-electron chi connectivity index (χ2n) is 6.78. The second kappa shape index (κ2) is 12.8. The Balaban J connectivity index is 1.78. The topological polar surface area (TPSA) is 117 Å². The zero-order valence-electron chi connectivity index (χ0n) is 17.7. The maximum atomic E-state index is 12.4. The van der Waals surface area contributed by atoms with E-state index in [4.69, 9.17) is 9.47 Å². The van der Waals surface area contributed by atoms with E-state index in [-0.39, 0.29) is 22.6 Å². The van der Waals surface area contributed by atoms with Crippen LogP contribution in [0.4, 0.5) is 0 Å². The number of benzene rings is 2. The largest absolute Gasteiger partial charge is 0.506 e. The van der Waals surface area contributed by atoms with Crippen molar-refractivity contribution in [3.05, 3.63) is 41.2 Å². The fraction of sp³-hybridized carbons (Fsp3) is 0.333. The highest BCUT2D eigenvalue weighted by molar-refractivity contribution is 9.11. The number of unbranched alkanes of at least 4 members (excludes halogenated alkanes) is 2. The number of halogens is 4. The lowest BCUT2D eigenvalue weighted by molar-refractivity contribution is 0.0944. The van der Waals surface area contributed by atoms with Crippen LogP contribution in [0.25, 0.3) is 0 Å². The lowest BCUT2D eigenvalue weighted by atomic mass is 10.1. The van der Waals surface area contributed by atoms with Crippen molar-refractivity contribution >= 4 is 75.5 Å². The number of hydrogen-bond acceptors (Lipinski definition) is 6. The molecule has 0 saturated carbocycles. The standard InChI is InChI=1S/C21H22Br4N2O6/c1-32-18-12(22)8-10(16(28)14(18)24)20(30)26-6-4-3-5-7-27-21(31)11-9-13(23)19(33-2)15(25)17(11)29/h8-9,28-29H,3-7H2,1-2H3,(H,26,30)(H,27,31). The predicted molar refractivity (Wildman–Crippen MR) is 139 cm³/mol. The van der Waals surface area contributed by atoms with Gasteiger partial charge in [-0.2, -0.15) is 0 Å². The van der Waals surface area contributed by atoms with E-state index >= 15 is 0 Å². The van der Waals surface area contributed by atoms with E-state index in [1.54, 1.807) is 0 Å². The first-order valence-corrected chi connectivity index (χ1v) is 12.9. The van der Waals surface area contributed by atoms with E-state index in [1.807, 2.05) is 0 Å². The molecule has 2 amide bonds. The first kappa shape index (κ1) is 27.7. The molecule has 2 rings (SSSR count). The molecule has 0 unspecified atom stereocenters. The van der Waals surface area contributed by atoms with Gasteiger partial charge in [-0.3, -0.25) is 9.59 Å². The van der Waals surface area contributed by atoms with Gasteiger partial charge in [0.25, 0.3) is 11.8 Å². The number of phenols is 2. The molecule has 0 heterocycles. The summed E-state index contributed by atoms with van der Waals surface area (Å²) < 4.78 is 12.0. The van der Waals surface area contributed by atoms with Gasteiger partial charge in [0.15, 0.2) is 11.5 Å². The van der Waals surface area contributed by atoms with E-state index < -0.39 is 11.8 Å². The van der Waals surface area contributed by atoms with Crippen LogP contribution in [-0.4, -0.2) is 49.3 Å². The summed E-state index contributed by atoms with van der Waals surface area (Å²) in [5, 5.41) is 26.0. The molecule has 8 nitrogen and oxygen atoms in total. The van der Waals surface area contributed by atoms with Crippen LogP contribution in [0.15, 0.2) is 30.0 Å². The number of aromatic hydroxyl groups is 2. The predicted octanol–water partition coefficient (Wildman–Crippen LogP) is 5.50. The van der Waals surface area contributed by atoms with Crippen LogP contribution in [0.3, 0.4) is 0 Å². The van der Waals surface area contributed by atoms with E-state index in [9.17, 15) is 19.8 Å². The summed E-state index contributed by atoms with van der Waals surface area (Å²) in [4.78, 5) is 24.8. The molecule has 0 atom stereocenters. The van der Waals surface area contributed by atoms with Crippen LogP contribution in [0.2, 0.25) is 0 Å². The minimum atomic E-state index is -0.406. The third-order valence-corrected chi connectivity index (χ3v) is 7.27. The van der Waals surface area contributed by atoms with Crippen LogP contribution < -0.4 is 20.1 Å². The molecular formula is C21H22Br4N2O6. The van der Waals surface area contributed by atoms with Crippen molar-refractivity contribution in [2.24, 2.45) is 0 Å². The highest BCUT2D eigenvalue weighted by Crippen LogP contribution is 2.43. The number of carbonyl (C=O) groups excluding carboxylic acids is 2. The molecule has 0 saturated heterocycles. The number of methoxy groups -OCH3 is 2. The van der Waals surface area contributed by atoms with Gasteiger partial charge in [-0.25, -0.2) is 0 Å². The van der Waals surface area contributed by atoms with E-state index in [1.165, 1.54) is 26.4 Å². The van der Waals surface area contributed by atoms with Crippen LogP contribution in [-0.2, 0) is 0 Å². The van der Waals surface area contributed by atoms with E-state index in [0.29, 0.717) is 55.3 Å². The lowest BCUT2D eigenvalue weighted by Gasteiger charge is -2.13. The average molecular weight is 718 g/mol. The van der Waals surface area contributed by atoms with Gasteiger partial charge in [-0.1, -0.05) is 0 Å².